The first-order valence-corrected chi connectivity index (χ1v) is 6.87. The molecule has 0 spiro atoms. The van der Waals surface area contributed by atoms with Gasteiger partial charge in [-0.2, -0.15) is 0 Å². The first kappa shape index (κ1) is 11.3. The van der Waals surface area contributed by atoms with E-state index in [1.807, 2.05) is 12.1 Å². The summed E-state index contributed by atoms with van der Waals surface area (Å²) in [5.74, 6) is 2.73. The molecule has 2 aliphatic heterocycles. The summed E-state index contributed by atoms with van der Waals surface area (Å²) >= 11 is 0. The van der Waals surface area contributed by atoms with Gasteiger partial charge < -0.3 is 14.4 Å². The van der Waals surface area contributed by atoms with E-state index in [2.05, 4.69) is 11.9 Å². The Morgan fingerprint density at radius 2 is 2.05 bits per heavy atom. The minimum Gasteiger partial charge on any atom is -0.454 e. The molecule has 0 bridgehead atoms. The summed E-state index contributed by atoms with van der Waals surface area (Å²) in [4.78, 5) is 14.7. The van der Waals surface area contributed by atoms with Gasteiger partial charge in [0.25, 0.3) is 0 Å². The van der Waals surface area contributed by atoms with Gasteiger partial charge in [0.05, 0.1) is 0 Å². The molecular weight excluding hydrogens is 242 g/mol. The highest BCUT2D eigenvalue weighted by atomic mass is 16.7. The molecule has 0 unspecified atom stereocenters. The predicted molar refractivity (Wildman–Crippen MR) is 69.9 cm³/mol. The van der Waals surface area contributed by atoms with Gasteiger partial charge in [0, 0.05) is 24.4 Å². The van der Waals surface area contributed by atoms with E-state index in [-0.39, 0.29) is 12.6 Å². The molecule has 2 heterocycles. The SMILES string of the molecule is CN1CC[C@H]2CC(=O)c3cc4c(cc3[C@H]2C1)OCO4. The third kappa shape index (κ3) is 1.66. The number of benzene rings is 1. The minimum atomic E-state index is 0.263. The van der Waals surface area contributed by atoms with E-state index in [0.29, 0.717) is 18.3 Å². The molecule has 4 nitrogen and oxygen atoms in total. The Kier molecular flexibility index (Phi) is 2.36. The predicted octanol–water partition coefficient (Wildman–Crippen LogP) is 2.04. The van der Waals surface area contributed by atoms with Crippen molar-refractivity contribution in [3.8, 4) is 11.5 Å². The van der Waals surface area contributed by atoms with Crippen molar-refractivity contribution in [1.82, 2.24) is 4.90 Å². The number of ketones is 1. The zero-order chi connectivity index (χ0) is 13.0. The second-order valence-electron chi connectivity index (χ2n) is 5.84. The lowest BCUT2D eigenvalue weighted by molar-refractivity contribution is 0.0887. The van der Waals surface area contributed by atoms with Crippen molar-refractivity contribution in [3.05, 3.63) is 23.3 Å². The highest BCUT2D eigenvalue weighted by Crippen LogP contribution is 2.45. The number of hydrogen-bond acceptors (Lipinski definition) is 4. The number of Topliss-reactive ketones (excluding diaryl/α,β-unsaturated/α-hetero) is 1. The zero-order valence-corrected chi connectivity index (χ0v) is 11.0. The maximum atomic E-state index is 12.3. The summed E-state index contributed by atoms with van der Waals surface area (Å²) < 4.78 is 10.8. The molecule has 4 heteroatoms. The Hall–Kier alpha value is -1.55. The van der Waals surface area contributed by atoms with E-state index in [0.717, 1.165) is 42.1 Å². The van der Waals surface area contributed by atoms with Crippen LogP contribution in [0.2, 0.25) is 0 Å². The van der Waals surface area contributed by atoms with E-state index in [1.165, 1.54) is 0 Å². The summed E-state index contributed by atoms with van der Waals surface area (Å²) in [6.45, 7) is 2.39. The molecule has 100 valence electrons. The van der Waals surface area contributed by atoms with Crippen molar-refractivity contribution in [2.75, 3.05) is 26.9 Å². The average Bonchev–Trinajstić information content (AvgIpc) is 2.85. The number of fused-ring (bicyclic) bond motifs is 4. The topological polar surface area (TPSA) is 38.8 Å². The maximum Gasteiger partial charge on any atom is 0.231 e. The van der Waals surface area contributed by atoms with Crippen LogP contribution < -0.4 is 9.47 Å². The van der Waals surface area contributed by atoms with Crippen molar-refractivity contribution >= 4 is 5.78 Å². The fourth-order valence-electron chi connectivity index (χ4n) is 3.61. The molecule has 1 aliphatic carbocycles. The molecule has 0 saturated carbocycles. The van der Waals surface area contributed by atoms with Crippen molar-refractivity contribution in [2.24, 2.45) is 5.92 Å². The van der Waals surface area contributed by atoms with Gasteiger partial charge in [-0.25, -0.2) is 0 Å². The Balaban J connectivity index is 1.82. The zero-order valence-electron chi connectivity index (χ0n) is 11.0. The highest BCUT2D eigenvalue weighted by Gasteiger charge is 2.38. The fraction of sp³-hybridized carbons (Fsp3) is 0.533. The molecular formula is C15H17NO3. The molecule has 19 heavy (non-hydrogen) atoms. The molecule has 0 aromatic heterocycles. The molecule has 1 aromatic carbocycles. The van der Waals surface area contributed by atoms with Crippen molar-refractivity contribution < 1.29 is 14.3 Å². The van der Waals surface area contributed by atoms with Crippen molar-refractivity contribution in [3.63, 3.8) is 0 Å². The van der Waals surface area contributed by atoms with Crippen LogP contribution >= 0.6 is 0 Å². The van der Waals surface area contributed by atoms with Crippen LogP contribution in [0.3, 0.4) is 0 Å². The monoisotopic (exact) mass is 259 g/mol. The summed E-state index contributed by atoms with van der Waals surface area (Å²) in [7, 11) is 2.15. The number of likely N-dealkylation sites (N-methyl/N-ethyl adjacent to an activating group) is 1. The third-order valence-corrected chi connectivity index (χ3v) is 4.65. The van der Waals surface area contributed by atoms with Gasteiger partial charge in [0.15, 0.2) is 17.3 Å². The van der Waals surface area contributed by atoms with Gasteiger partial charge in [0.1, 0.15) is 0 Å². The van der Waals surface area contributed by atoms with E-state index >= 15 is 0 Å². The van der Waals surface area contributed by atoms with Crippen LogP contribution in [0.15, 0.2) is 12.1 Å². The minimum absolute atomic E-state index is 0.263. The largest absolute Gasteiger partial charge is 0.454 e. The standard InChI is InChI=1S/C15H17NO3/c1-16-3-2-9-4-13(17)11-6-15-14(18-8-19-15)5-10(11)12(9)7-16/h5-6,9,12H,2-4,7-8H2,1H3/t9-,12-/m0/s1. The van der Waals surface area contributed by atoms with Crippen LogP contribution in [0.5, 0.6) is 11.5 Å². The molecule has 0 N–H and O–H groups in total. The summed E-state index contributed by atoms with van der Waals surface area (Å²) in [5.41, 5.74) is 2.01. The molecule has 3 aliphatic rings. The van der Waals surface area contributed by atoms with E-state index in [4.69, 9.17) is 9.47 Å². The Morgan fingerprint density at radius 3 is 2.89 bits per heavy atom. The Labute approximate surface area is 112 Å². The highest BCUT2D eigenvalue weighted by molar-refractivity contribution is 6.00. The number of carbonyl (C=O) groups excluding carboxylic acids is 1. The number of rotatable bonds is 0. The summed E-state index contributed by atoms with van der Waals surface area (Å²) in [6.07, 6.45) is 1.80. The maximum absolute atomic E-state index is 12.3. The normalized spacial score (nSPS) is 29.0. The van der Waals surface area contributed by atoms with Gasteiger partial charge in [-0.05, 0) is 43.6 Å². The lowest BCUT2D eigenvalue weighted by Gasteiger charge is -2.40. The number of likely N-dealkylation sites (tertiary alicyclic amines) is 1. The summed E-state index contributed by atoms with van der Waals surface area (Å²) in [5, 5.41) is 0. The fourth-order valence-corrected chi connectivity index (χ4v) is 3.61. The van der Waals surface area contributed by atoms with Gasteiger partial charge in [-0.15, -0.1) is 0 Å². The van der Waals surface area contributed by atoms with Gasteiger partial charge in [0.2, 0.25) is 6.79 Å². The first-order valence-electron chi connectivity index (χ1n) is 6.87. The molecule has 0 radical (unpaired) electrons. The van der Waals surface area contributed by atoms with E-state index in [9.17, 15) is 4.79 Å². The number of piperidine rings is 1. The quantitative estimate of drug-likeness (QED) is 0.714. The van der Waals surface area contributed by atoms with Gasteiger partial charge in [-0.1, -0.05) is 0 Å². The van der Waals surface area contributed by atoms with Crippen molar-refractivity contribution in [2.45, 2.75) is 18.8 Å². The Bertz CT molecular complexity index is 555. The average molecular weight is 259 g/mol. The number of hydrogen-bond donors (Lipinski definition) is 0. The third-order valence-electron chi connectivity index (χ3n) is 4.65. The molecule has 1 aromatic rings. The Morgan fingerprint density at radius 1 is 1.26 bits per heavy atom. The van der Waals surface area contributed by atoms with Crippen LogP contribution in [0, 0.1) is 5.92 Å². The van der Waals surface area contributed by atoms with Crippen LogP contribution in [0.1, 0.15) is 34.7 Å². The second kappa shape index (κ2) is 3.97. The van der Waals surface area contributed by atoms with E-state index in [1.54, 1.807) is 0 Å². The number of carbonyl (C=O) groups is 1. The van der Waals surface area contributed by atoms with Gasteiger partial charge in [-0.3, -0.25) is 4.79 Å². The smallest absolute Gasteiger partial charge is 0.231 e. The van der Waals surface area contributed by atoms with Crippen LogP contribution in [-0.4, -0.2) is 37.6 Å². The van der Waals surface area contributed by atoms with Crippen molar-refractivity contribution in [1.29, 1.82) is 0 Å². The van der Waals surface area contributed by atoms with Crippen LogP contribution in [-0.2, 0) is 0 Å². The molecule has 1 fully saturated rings. The van der Waals surface area contributed by atoms with Gasteiger partial charge >= 0.3 is 0 Å². The number of ether oxygens (including phenoxy) is 2. The molecule has 4 rings (SSSR count). The van der Waals surface area contributed by atoms with E-state index < -0.39 is 0 Å². The lowest BCUT2D eigenvalue weighted by atomic mass is 9.71. The molecule has 2 atom stereocenters. The molecule has 1 saturated heterocycles. The molecule has 0 amide bonds. The van der Waals surface area contributed by atoms with Crippen LogP contribution in [0.25, 0.3) is 0 Å². The second-order valence-corrected chi connectivity index (χ2v) is 5.84. The first-order chi connectivity index (χ1) is 9.22. The summed E-state index contributed by atoms with van der Waals surface area (Å²) in [6, 6.07) is 3.91. The number of nitrogens with zero attached hydrogens (tertiary/aromatic N) is 1. The van der Waals surface area contributed by atoms with Crippen LogP contribution in [0.4, 0.5) is 0 Å². The lowest BCUT2D eigenvalue weighted by Crippen LogP contribution is -2.40.